The average molecular weight is 244 g/mol. The quantitative estimate of drug-likeness (QED) is 0.827. The fourth-order valence-corrected chi connectivity index (χ4v) is 1.97. The van der Waals surface area contributed by atoms with Crippen LogP contribution in [0, 0.1) is 6.92 Å². The first-order valence-electron chi connectivity index (χ1n) is 5.27. The number of carbonyl (C=O) groups excluding carboxylic acids is 1. The zero-order valence-electron chi connectivity index (χ0n) is 9.12. The molecule has 0 unspecified atom stereocenters. The van der Waals surface area contributed by atoms with Crippen molar-refractivity contribution < 1.29 is 9.32 Å². The number of piperazine rings is 1. The third-order valence-corrected chi connectivity index (χ3v) is 3.03. The van der Waals surface area contributed by atoms with Gasteiger partial charge in [-0.25, -0.2) is 0 Å². The molecule has 1 aliphatic heterocycles. The third-order valence-electron chi connectivity index (χ3n) is 2.73. The summed E-state index contributed by atoms with van der Waals surface area (Å²) in [7, 11) is 0. The van der Waals surface area contributed by atoms with Crippen molar-refractivity contribution in [2.45, 2.75) is 13.3 Å². The van der Waals surface area contributed by atoms with Crippen molar-refractivity contribution in [3.05, 3.63) is 16.5 Å². The predicted octanol–water partition coefficient (Wildman–Crippen LogP) is 0.611. The van der Waals surface area contributed by atoms with Gasteiger partial charge in [0.2, 0.25) is 11.1 Å². The van der Waals surface area contributed by atoms with E-state index < -0.39 is 0 Å². The Morgan fingerprint density at radius 3 is 2.81 bits per heavy atom. The highest BCUT2D eigenvalue weighted by molar-refractivity contribution is 6.29. The smallest absolute Gasteiger partial charge is 0.229 e. The molecule has 0 saturated carbocycles. The normalized spacial score (nSPS) is 16.5. The molecule has 88 valence electrons. The standard InChI is InChI=1S/C10H14ClN3O2/c1-7-8(10(11)16-13-7)6-9(15)14-4-2-12-3-5-14/h12H,2-6H2,1H3. The Balaban J connectivity index is 2.01. The van der Waals surface area contributed by atoms with Gasteiger partial charge in [-0.15, -0.1) is 0 Å². The second-order valence-corrected chi connectivity index (χ2v) is 4.17. The molecule has 5 nitrogen and oxygen atoms in total. The topological polar surface area (TPSA) is 58.4 Å². The number of nitrogens with one attached hydrogen (secondary N) is 1. The van der Waals surface area contributed by atoms with Gasteiger partial charge in [-0.3, -0.25) is 4.79 Å². The van der Waals surface area contributed by atoms with Crippen molar-refractivity contribution in [3.63, 3.8) is 0 Å². The minimum absolute atomic E-state index is 0.0784. The Morgan fingerprint density at radius 2 is 2.25 bits per heavy atom. The summed E-state index contributed by atoms with van der Waals surface area (Å²) in [5.74, 6) is 0.0784. The summed E-state index contributed by atoms with van der Waals surface area (Å²) in [5.41, 5.74) is 1.39. The Morgan fingerprint density at radius 1 is 1.56 bits per heavy atom. The summed E-state index contributed by atoms with van der Waals surface area (Å²) in [6.07, 6.45) is 0.272. The fourth-order valence-electron chi connectivity index (χ4n) is 1.74. The molecule has 0 aliphatic carbocycles. The molecule has 1 aromatic rings. The van der Waals surface area contributed by atoms with Crippen LogP contribution in [0.25, 0.3) is 0 Å². The number of aromatic nitrogens is 1. The van der Waals surface area contributed by atoms with Gasteiger partial charge >= 0.3 is 0 Å². The van der Waals surface area contributed by atoms with E-state index in [4.69, 9.17) is 16.1 Å². The number of amides is 1. The van der Waals surface area contributed by atoms with E-state index in [1.54, 1.807) is 6.92 Å². The first kappa shape index (κ1) is 11.4. The van der Waals surface area contributed by atoms with Gasteiger partial charge in [-0.2, -0.15) is 0 Å². The van der Waals surface area contributed by atoms with Crippen molar-refractivity contribution >= 4 is 17.5 Å². The van der Waals surface area contributed by atoms with E-state index in [0.717, 1.165) is 26.2 Å². The Kier molecular flexibility index (Phi) is 3.46. The predicted molar refractivity (Wildman–Crippen MR) is 59.4 cm³/mol. The Labute approximate surface area is 98.7 Å². The molecule has 16 heavy (non-hydrogen) atoms. The van der Waals surface area contributed by atoms with Gasteiger partial charge in [0.25, 0.3) is 0 Å². The number of carbonyl (C=O) groups is 1. The maximum atomic E-state index is 11.9. The van der Waals surface area contributed by atoms with E-state index in [0.29, 0.717) is 11.3 Å². The zero-order valence-corrected chi connectivity index (χ0v) is 9.88. The molecule has 0 bridgehead atoms. The van der Waals surface area contributed by atoms with Gasteiger partial charge in [0.1, 0.15) is 0 Å². The van der Waals surface area contributed by atoms with E-state index in [9.17, 15) is 4.79 Å². The van der Waals surface area contributed by atoms with E-state index in [1.807, 2.05) is 4.90 Å². The van der Waals surface area contributed by atoms with Crippen LogP contribution in [0.5, 0.6) is 0 Å². The summed E-state index contributed by atoms with van der Waals surface area (Å²) in [6.45, 7) is 4.99. The number of hydrogen-bond acceptors (Lipinski definition) is 4. The summed E-state index contributed by atoms with van der Waals surface area (Å²) >= 11 is 5.82. The molecule has 1 aromatic heterocycles. The second-order valence-electron chi connectivity index (χ2n) is 3.83. The molecule has 0 aromatic carbocycles. The van der Waals surface area contributed by atoms with Crippen molar-refractivity contribution in [1.82, 2.24) is 15.4 Å². The highest BCUT2D eigenvalue weighted by atomic mass is 35.5. The van der Waals surface area contributed by atoms with Crippen molar-refractivity contribution in [1.29, 1.82) is 0 Å². The molecule has 0 radical (unpaired) electrons. The molecular formula is C10H14ClN3O2. The lowest BCUT2D eigenvalue weighted by molar-refractivity contribution is -0.131. The maximum Gasteiger partial charge on any atom is 0.229 e. The number of aryl methyl sites for hydroxylation is 1. The van der Waals surface area contributed by atoms with Crippen LogP contribution in [0.1, 0.15) is 11.3 Å². The third kappa shape index (κ3) is 2.36. The number of rotatable bonds is 2. The summed E-state index contributed by atoms with van der Waals surface area (Å²) in [6, 6.07) is 0. The lowest BCUT2D eigenvalue weighted by atomic mass is 10.1. The van der Waals surface area contributed by atoms with Crippen molar-refractivity contribution in [2.24, 2.45) is 0 Å². The second kappa shape index (κ2) is 4.84. The van der Waals surface area contributed by atoms with Crippen LogP contribution in [0.3, 0.4) is 0 Å². The van der Waals surface area contributed by atoms with Gasteiger partial charge in [-0.1, -0.05) is 5.16 Å². The molecule has 6 heteroatoms. The monoisotopic (exact) mass is 243 g/mol. The summed E-state index contributed by atoms with van der Waals surface area (Å²) in [4.78, 5) is 13.8. The highest BCUT2D eigenvalue weighted by Gasteiger charge is 2.20. The maximum absolute atomic E-state index is 11.9. The number of nitrogens with zero attached hydrogens (tertiary/aromatic N) is 2. The fraction of sp³-hybridized carbons (Fsp3) is 0.600. The average Bonchev–Trinajstić information content (AvgIpc) is 2.62. The van der Waals surface area contributed by atoms with Gasteiger partial charge in [-0.05, 0) is 18.5 Å². The van der Waals surface area contributed by atoms with E-state index in [1.165, 1.54) is 0 Å². The summed E-state index contributed by atoms with van der Waals surface area (Å²) in [5, 5.41) is 7.15. The molecule has 2 heterocycles. The van der Waals surface area contributed by atoms with E-state index >= 15 is 0 Å². The van der Waals surface area contributed by atoms with Gasteiger partial charge in [0.05, 0.1) is 12.1 Å². The molecule has 1 fully saturated rings. The molecule has 1 saturated heterocycles. The van der Waals surface area contributed by atoms with Crippen LogP contribution >= 0.6 is 11.6 Å². The van der Waals surface area contributed by atoms with E-state index in [2.05, 4.69) is 10.5 Å². The van der Waals surface area contributed by atoms with Crippen LogP contribution in [0.15, 0.2) is 4.52 Å². The Hall–Kier alpha value is -1.07. The van der Waals surface area contributed by atoms with Crippen LogP contribution in [0.4, 0.5) is 0 Å². The van der Waals surface area contributed by atoms with Gasteiger partial charge in [0, 0.05) is 31.7 Å². The summed E-state index contributed by atoms with van der Waals surface area (Å²) < 4.78 is 4.82. The minimum Gasteiger partial charge on any atom is -0.344 e. The van der Waals surface area contributed by atoms with Gasteiger partial charge in [0.15, 0.2) is 0 Å². The van der Waals surface area contributed by atoms with Crippen LogP contribution in [0.2, 0.25) is 5.22 Å². The van der Waals surface area contributed by atoms with Crippen LogP contribution in [-0.4, -0.2) is 42.1 Å². The Bertz CT molecular complexity index is 366. The lowest BCUT2D eigenvalue weighted by Gasteiger charge is -2.27. The van der Waals surface area contributed by atoms with Crippen molar-refractivity contribution in [2.75, 3.05) is 26.2 Å². The lowest BCUT2D eigenvalue weighted by Crippen LogP contribution is -2.47. The molecule has 0 atom stereocenters. The van der Waals surface area contributed by atoms with Crippen molar-refractivity contribution in [3.8, 4) is 0 Å². The molecule has 1 aliphatic rings. The zero-order chi connectivity index (χ0) is 11.5. The minimum atomic E-state index is 0.0784. The number of hydrogen-bond donors (Lipinski definition) is 1. The van der Waals surface area contributed by atoms with Crippen LogP contribution in [-0.2, 0) is 11.2 Å². The SMILES string of the molecule is Cc1noc(Cl)c1CC(=O)N1CCNCC1. The van der Waals surface area contributed by atoms with Crippen LogP contribution < -0.4 is 5.32 Å². The molecular weight excluding hydrogens is 230 g/mol. The highest BCUT2D eigenvalue weighted by Crippen LogP contribution is 2.20. The molecule has 0 spiro atoms. The largest absolute Gasteiger partial charge is 0.344 e. The molecule has 2 rings (SSSR count). The first-order valence-corrected chi connectivity index (χ1v) is 5.65. The number of halogens is 1. The van der Waals surface area contributed by atoms with Gasteiger partial charge < -0.3 is 14.7 Å². The van der Waals surface area contributed by atoms with E-state index in [-0.39, 0.29) is 17.5 Å². The first-order chi connectivity index (χ1) is 7.68. The molecule has 1 N–H and O–H groups in total. The molecule has 1 amide bonds.